The minimum atomic E-state index is 0.0627. The van der Waals surface area contributed by atoms with Crippen LogP contribution in [0, 0.1) is 5.92 Å². The van der Waals surface area contributed by atoms with Crippen molar-refractivity contribution in [2.75, 3.05) is 24.5 Å². The number of halogens is 2. The Bertz CT molecular complexity index is 839. The number of hydrogen-bond donors (Lipinski definition) is 0. The molecule has 1 saturated heterocycles. The number of aryl methyl sites for hydroxylation is 1. The van der Waals surface area contributed by atoms with Crippen LogP contribution in [-0.4, -0.2) is 30.4 Å². The van der Waals surface area contributed by atoms with Gasteiger partial charge in [0.15, 0.2) is 0 Å². The zero-order chi connectivity index (χ0) is 18.8. The summed E-state index contributed by atoms with van der Waals surface area (Å²) < 4.78 is 0. The van der Waals surface area contributed by atoms with Crippen molar-refractivity contribution in [1.82, 2.24) is 4.90 Å². The Morgan fingerprint density at radius 1 is 1.04 bits per heavy atom. The number of carbonyl (C=O) groups is 1. The molecule has 1 amide bonds. The van der Waals surface area contributed by atoms with Crippen LogP contribution in [0.1, 0.15) is 30.4 Å². The van der Waals surface area contributed by atoms with Gasteiger partial charge in [0.05, 0.1) is 16.0 Å². The second-order valence-electron chi connectivity index (χ2n) is 7.54. The van der Waals surface area contributed by atoms with Gasteiger partial charge >= 0.3 is 0 Å². The summed E-state index contributed by atoms with van der Waals surface area (Å²) in [5, 5.41) is 1.17. The molecular weight excluding hydrogens is 379 g/mol. The van der Waals surface area contributed by atoms with Crippen molar-refractivity contribution < 1.29 is 4.79 Å². The van der Waals surface area contributed by atoms with Crippen molar-refractivity contribution >= 4 is 34.8 Å². The predicted octanol–water partition coefficient (Wildman–Crippen LogP) is 5.18. The van der Waals surface area contributed by atoms with Gasteiger partial charge in [-0.1, -0.05) is 47.5 Å². The predicted molar refractivity (Wildman–Crippen MR) is 112 cm³/mol. The van der Waals surface area contributed by atoms with E-state index in [-0.39, 0.29) is 11.8 Å². The SMILES string of the molecule is O=C(C1CCCN(Cc2ccc(Cl)c(Cl)c2)C1)N1CCCc2ccccc21. The molecule has 2 heterocycles. The molecule has 3 nitrogen and oxygen atoms in total. The number of anilines is 1. The molecule has 0 radical (unpaired) electrons. The van der Waals surface area contributed by atoms with Gasteiger partial charge in [0.1, 0.15) is 0 Å². The molecule has 1 atom stereocenters. The summed E-state index contributed by atoms with van der Waals surface area (Å²) in [4.78, 5) is 17.7. The first-order chi connectivity index (χ1) is 13.1. The number of hydrogen-bond acceptors (Lipinski definition) is 2. The molecule has 2 aliphatic heterocycles. The molecule has 2 aromatic rings. The maximum Gasteiger partial charge on any atom is 0.231 e. The highest BCUT2D eigenvalue weighted by molar-refractivity contribution is 6.42. The molecular formula is C22H24Cl2N2O. The van der Waals surface area contributed by atoms with Crippen molar-refractivity contribution in [2.45, 2.75) is 32.2 Å². The Kier molecular flexibility index (Phi) is 5.72. The van der Waals surface area contributed by atoms with Crippen molar-refractivity contribution in [1.29, 1.82) is 0 Å². The molecule has 1 fully saturated rings. The quantitative estimate of drug-likeness (QED) is 0.705. The van der Waals surface area contributed by atoms with E-state index in [0.29, 0.717) is 10.0 Å². The number of amides is 1. The summed E-state index contributed by atoms with van der Waals surface area (Å²) in [5.41, 5.74) is 3.54. The molecule has 0 spiro atoms. The van der Waals surface area contributed by atoms with Crippen LogP contribution in [0.2, 0.25) is 10.0 Å². The van der Waals surface area contributed by atoms with Crippen molar-refractivity contribution in [3.8, 4) is 0 Å². The van der Waals surface area contributed by atoms with E-state index in [1.165, 1.54) is 5.56 Å². The lowest BCUT2D eigenvalue weighted by atomic mass is 9.93. The molecule has 4 rings (SSSR count). The smallest absolute Gasteiger partial charge is 0.231 e. The van der Waals surface area contributed by atoms with Crippen LogP contribution in [0.3, 0.4) is 0 Å². The Hall–Kier alpha value is -1.55. The first-order valence-electron chi connectivity index (χ1n) is 9.67. The Labute approximate surface area is 170 Å². The third kappa shape index (κ3) is 4.16. The summed E-state index contributed by atoms with van der Waals surface area (Å²) in [6.45, 7) is 3.45. The van der Waals surface area contributed by atoms with Gasteiger partial charge < -0.3 is 4.90 Å². The minimum absolute atomic E-state index is 0.0627. The van der Waals surface area contributed by atoms with Crippen LogP contribution in [0.4, 0.5) is 5.69 Å². The fourth-order valence-electron chi connectivity index (χ4n) is 4.28. The number of carbonyl (C=O) groups excluding carboxylic acids is 1. The third-order valence-electron chi connectivity index (χ3n) is 5.62. The van der Waals surface area contributed by atoms with Gasteiger partial charge in [0.2, 0.25) is 5.91 Å². The molecule has 0 N–H and O–H groups in total. The highest BCUT2D eigenvalue weighted by atomic mass is 35.5. The van der Waals surface area contributed by atoms with E-state index in [4.69, 9.17) is 23.2 Å². The number of rotatable bonds is 3. The van der Waals surface area contributed by atoms with Crippen LogP contribution in [0.5, 0.6) is 0 Å². The topological polar surface area (TPSA) is 23.6 Å². The molecule has 0 saturated carbocycles. The Morgan fingerprint density at radius 2 is 1.89 bits per heavy atom. The first-order valence-corrected chi connectivity index (χ1v) is 10.4. The number of likely N-dealkylation sites (tertiary alicyclic amines) is 1. The molecule has 0 bridgehead atoms. The van der Waals surface area contributed by atoms with Crippen LogP contribution >= 0.6 is 23.2 Å². The molecule has 2 aliphatic rings. The molecule has 5 heteroatoms. The second kappa shape index (κ2) is 8.22. The summed E-state index contributed by atoms with van der Waals surface area (Å²) >= 11 is 12.2. The maximum atomic E-state index is 13.3. The molecule has 27 heavy (non-hydrogen) atoms. The zero-order valence-electron chi connectivity index (χ0n) is 15.3. The summed E-state index contributed by atoms with van der Waals surface area (Å²) in [5.74, 6) is 0.341. The second-order valence-corrected chi connectivity index (χ2v) is 8.36. The number of para-hydroxylation sites is 1. The summed E-state index contributed by atoms with van der Waals surface area (Å²) in [6, 6.07) is 14.1. The van der Waals surface area contributed by atoms with E-state index in [0.717, 1.165) is 63.1 Å². The van der Waals surface area contributed by atoms with Crippen LogP contribution in [0.25, 0.3) is 0 Å². The van der Waals surface area contributed by atoms with E-state index in [9.17, 15) is 4.79 Å². The van der Waals surface area contributed by atoms with Crippen LogP contribution in [-0.2, 0) is 17.8 Å². The Balaban J connectivity index is 1.45. The van der Waals surface area contributed by atoms with Gasteiger partial charge in [-0.3, -0.25) is 9.69 Å². The first kappa shape index (κ1) is 18.8. The molecule has 0 aromatic heterocycles. The number of piperidine rings is 1. The van der Waals surface area contributed by atoms with Gasteiger partial charge in [-0.15, -0.1) is 0 Å². The van der Waals surface area contributed by atoms with E-state index in [2.05, 4.69) is 23.1 Å². The largest absolute Gasteiger partial charge is 0.312 e. The minimum Gasteiger partial charge on any atom is -0.312 e. The number of fused-ring (bicyclic) bond motifs is 1. The van der Waals surface area contributed by atoms with Crippen molar-refractivity contribution in [3.05, 3.63) is 63.6 Å². The van der Waals surface area contributed by atoms with Gasteiger partial charge in [0.25, 0.3) is 0 Å². The molecule has 142 valence electrons. The van der Waals surface area contributed by atoms with E-state index >= 15 is 0 Å². The van der Waals surface area contributed by atoms with E-state index in [1.54, 1.807) is 0 Å². The fraction of sp³-hybridized carbons (Fsp3) is 0.409. The average Bonchev–Trinajstić information content (AvgIpc) is 2.70. The lowest BCUT2D eigenvalue weighted by Gasteiger charge is -2.37. The van der Waals surface area contributed by atoms with E-state index in [1.807, 2.05) is 29.2 Å². The Morgan fingerprint density at radius 3 is 2.74 bits per heavy atom. The monoisotopic (exact) mass is 402 g/mol. The van der Waals surface area contributed by atoms with Crippen molar-refractivity contribution in [2.24, 2.45) is 5.92 Å². The zero-order valence-corrected chi connectivity index (χ0v) is 16.8. The standard InChI is InChI=1S/C22H24Cl2N2O/c23-19-10-9-16(13-20(19)24)14-25-11-3-7-18(15-25)22(27)26-12-4-6-17-5-1-2-8-21(17)26/h1-2,5,8-10,13,18H,3-4,6-7,11-12,14-15H2. The number of benzene rings is 2. The summed E-state index contributed by atoms with van der Waals surface area (Å²) in [6.07, 6.45) is 4.12. The normalized spacial score (nSPS) is 20.4. The molecule has 1 unspecified atom stereocenters. The molecule has 2 aromatic carbocycles. The fourth-order valence-corrected chi connectivity index (χ4v) is 4.60. The van der Waals surface area contributed by atoms with Crippen LogP contribution < -0.4 is 4.90 Å². The maximum absolute atomic E-state index is 13.3. The van der Waals surface area contributed by atoms with Crippen molar-refractivity contribution in [3.63, 3.8) is 0 Å². The van der Waals surface area contributed by atoms with Gasteiger partial charge in [-0.05, 0) is 61.6 Å². The molecule has 0 aliphatic carbocycles. The van der Waals surface area contributed by atoms with E-state index < -0.39 is 0 Å². The highest BCUT2D eigenvalue weighted by Crippen LogP contribution is 2.30. The number of nitrogens with zero attached hydrogens (tertiary/aromatic N) is 2. The average molecular weight is 403 g/mol. The lowest BCUT2D eigenvalue weighted by molar-refractivity contribution is -0.124. The van der Waals surface area contributed by atoms with Gasteiger partial charge in [-0.2, -0.15) is 0 Å². The van der Waals surface area contributed by atoms with Crippen LogP contribution in [0.15, 0.2) is 42.5 Å². The van der Waals surface area contributed by atoms with Gasteiger partial charge in [-0.25, -0.2) is 0 Å². The summed E-state index contributed by atoms with van der Waals surface area (Å²) in [7, 11) is 0. The van der Waals surface area contributed by atoms with Gasteiger partial charge in [0, 0.05) is 25.3 Å². The third-order valence-corrected chi connectivity index (χ3v) is 6.36. The highest BCUT2D eigenvalue weighted by Gasteiger charge is 2.31. The lowest BCUT2D eigenvalue weighted by Crippen LogP contribution is -2.46.